The summed E-state index contributed by atoms with van der Waals surface area (Å²) in [6.07, 6.45) is -16.1. The van der Waals surface area contributed by atoms with Crippen molar-refractivity contribution < 1.29 is 79.0 Å². The lowest BCUT2D eigenvalue weighted by Crippen LogP contribution is -2.60. The first-order valence-corrected chi connectivity index (χ1v) is 8.70. The van der Waals surface area contributed by atoms with Gasteiger partial charge in [-0.3, -0.25) is 0 Å². The Hall–Kier alpha value is -2.04. The van der Waals surface area contributed by atoms with Gasteiger partial charge in [-0.1, -0.05) is 25.5 Å². The molecule has 0 unspecified atom stereocenters. The van der Waals surface area contributed by atoms with Crippen molar-refractivity contribution in [2.45, 2.75) is 67.7 Å². The van der Waals surface area contributed by atoms with Gasteiger partial charge < -0.3 is 0 Å². The van der Waals surface area contributed by atoms with E-state index in [2.05, 4.69) is 0 Å². The molecule has 35 heavy (non-hydrogen) atoms. The number of hydrogen-bond acceptors (Lipinski definition) is 0. The van der Waals surface area contributed by atoms with Crippen molar-refractivity contribution in [2.24, 2.45) is 0 Å². The van der Waals surface area contributed by atoms with Gasteiger partial charge in [0.2, 0.25) is 0 Å². The normalized spacial score (nSPS) is 15.5. The zero-order valence-electron chi connectivity index (χ0n) is 16.4. The van der Waals surface area contributed by atoms with Crippen molar-refractivity contribution in [2.75, 3.05) is 0 Å². The van der Waals surface area contributed by atoms with Crippen LogP contribution in [0.25, 0.3) is 0 Å². The minimum atomic E-state index is -7.54. The highest BCUT2D eigenvalue weighted by Crippen LogP contribution is 2.59. The predicted octanol–water partition coefficient (Wildman–Crippen LogP) is 8.49. The minimum Gasteiger partial charge on any atom is -0.194 e. The zero-order valence-corrected chi connectivity index (χ0v) is 16.4. The molecule has 18 heteroatoms. The highest BCUT2D eigenvalue weighted by molar-refractivity contribution is 5.40. The van der Waals surface area contributed by atoms with Crippen LogP contribution in [0.2, 0.25) is 0 Å². The smallest absolute Gasteiger partial charge is 0.194 e. The molecule has 0 atom stereocenters. The Morgan fingerprint density at radius 3 is 1.23 bits per heavy atom. The largest absolute Gasteiger partial charge is 0.460 e. The summed E-state index contributed by atoms with van der Waals surface area (Å²) in [4.78, 5) is 0. The summed E-state index contributed by atoms with van der Waals surface area (Å²) in [6, 6.07) is -1.92. The Kier molecular flexibility index (Phi) is 7.54. The van der Waals surface area contributed by atoms with Crippen LogP contribution in [0.15, 0.2) is 18.2 Å². The lowest BCUT2D eigenvalue weighted by molar-refractivity contribution is -0.400. The van der Waals surface area contributed by atoms with Gasteiger partial charge in [-0.05, 0) is 18.1 Å². The molecule has 1 rings (SSSR count). The van der Waals surface area contributed by atoms with E-state index in [4.69, 9.17) is 0 Å². The summed E-state index contributed by atoms with van der Waals surface area (Å²) in [5, 5.41) is 0. The molecule has 0 saturated carbocycles. The number of alkyl halides is 18. The van der Waals surface area contributed by atoms with Gasteiger partial charge in [0.25, 0.3) is 0 Å². The maximum atomic E-state index is 14.3. The van der Waals surface area contributed by atoms with Gasteiger partial charge in [0.05, 0.1) is 0 Å². The molecule has 204 valence electrons. The molecule has 0 N–H and O–H groups in total. The molecule has 1 aromatic rings. The monoisotopic (exact) mass is 556 g/mol. The van der Waals surface area contributed by atoms with Crippen molar-refractivity contribution in [3.63, 3.8) is 0 Å². The molecule has 0 heterocycles. The molecular formula is C17H10F18. The predicted molar refractivity (Wildman–Crippen MR) is 80.1 cm³/mol. The van der Waals surface area contributed by atoms with Gasteiger partial charge in [-0.15, -0.1) is 0 Å². The molecule has 0 spiro atoms. The Bertz CT molecular complexity index is 905. The van der Waals surface area contributed by atoms with Crippen molar-refractivity contribution in [3.05, 3.63) is 34.9 Å². The molecule has 0 radical (unpaired) electrons. The number of aryl methyl sites for hydroxylation is 1. The fourth-order valence-corrected chi connectivity index (χ4v) is 2.65. The first kappa shape index (κ1) is 31.0. The Morgan fingerprint density at radius 2 is 0.886 bits per heavy atom. The van der Waals surface area contributed by atoms with Crippen molar-refractivity contribution in [1.82, 2.24) is 0 Å². The van der Waals surface area contributed by atoms with E-state index in [1.165, 1.54) is 0 Å². The Balaban J connectivity index is 3.92. The summed E-state index contributed by atoms with van der Waals surface area (Å²) < 4.78 is 238. The summed E-state index contributed by atoms with van der Waals surface area (Å²) in [7, 11) is 0. The summed E-state index contributed by atoms with van der Waals surface area (Å²) in [6.45, 7) is 1.06. The topological polar surface area (TPSA) is 0 Å². The summed E-state index contributed by atoms with van der Waals surface area (Å²) in [5.41, 5.74) is -7.16. The van der Waals surface area contributed by atoms with Crippen LogP contribution >= 0.6 is 0 Å². The summed E-state index contributed by atoms with van der Waals surface area (Å²) in [5.74, 6) is -43.6. The average Bonchev–Trinajstić information content (AvgIpc) is 2.65. The minimum absolute atomic E-state index is 0.209. The third kappa shape index (κ3) is 4.49. The quantitative estimate of drug-likeness (QED) is 0.282. The SMILES string of the molecule is CCCc1ccc(C(F)(F)C(F)(F)C(F)(F)C(F)(F)F)cc1C(F)(F)C(F)(F)C(F)(F)C(F)(F)F. The van der Waals surface area contributed by atoms with Gasteiger partial charge in [-0.25, -0.2) is 0 Å². The second-order valence-electron chi connectivity index (χ2n) is 7.06. The molecule has 0 aliphatic carbocycles. The number of halogens is 18. The van der Waals surface area contributed by atoms with Gasteiger partial charge in [0.1, 0.15) is 0 Å². The number of benzene rings is 1. The van der Waals surface area contributed by atoms with E-state index < -0.39 is 89.6 Å². The molecule has 1 aromatic carbocycles. The Labute approximate surface area is 182 Å². The van der Waals surface area contributed by atoms with Crippen LogP contribution in [-0.4, -0.2) is 36.0 Å². The van der Waals surface area contributed by atoms with E-state index in [9.17, 15) is 79.0 Å². The molecule has 0 aliphatic rings. The van der Waals surface area contributed by atoms with Crippen LogP contribution in [0.1, 0.15) is 30.0 Å². The van der Waals surface area contributed by atoms with E-state index in [1.54, 1.807) is 0 Å². The van der Waals surface area contributed by atoms with Gasteiger partial charge in [0, 0.05) is 11.1 Å². The lowest BCUT2D eigenvalue weighted by Gasteiger charge is -2.36. The lowest BCUT2D eigenvalue weighted by atomic mass is 9.87. The molecule has 0 bridgehead atoms. The van der Waals surface area contributed by atoms with Crippen LogP contribution in [0.5, 0.6) is 0 Å². The van der Waals surface area contributed by atoms with Crippen LogP contribution in [-0.2, 0) is 18.3 Å². The molecular weight excluding hydrogens is 546 g/mol. The first-order chi connectivity index (χ1) is 15.2. The van der Waals surface area contributed by atoms with E-state index in [-0.39, 0.29) is 6.07 Å². The Morgan fingerprint density at radius 1 is 0.514 bits per heavy atom. The number of rotatable bonds is 8. The average molecular weight is 556 g/mol. The molecule has 0 aliphatic heterocycles. The molecule has 0 nitrogen and oxygen atoms in total. The van der Waals surface area contributed by atoms with Crippen molar-refractivity contribution in [1.29, 1.82) is 0 Å². The fraction of sp³-hybridized carbons (Fsp3) is 0.647. The van der Waals surface area contributed by atoms with Crippen molar-refractivity contribution >= 4 is 0 Å². The fourth-order valence-electron chi connectivity index (χ4n) is 2.65. The van der Waals surface area contributed by atoms with E-state index in [0.29, 0.717) is 0 Å². The van der Waals surface area contributed by atoms with E-state index in [0.717, 1.165) is 6.92 Å². The molecule has 0 fully saturated rings. The van der Waals surface area contributed by atoms with E-state index in [1.807, 2.05) is 0 Å². The highest BCUT2D eigenvalue weighted by Gasteiger charge is 2.83. The number of hydrogen-bond donors (Lipinski definition) is 0. The standard InChI is InChI=1S/C17H10F18/c1-2-3-7-4-5-8(10(18,19)12(22,23)14(26,27)16(30,31)32)6-9(7)11(20,21)13(24,25)15(28,29)17(33,34)35/h4-6H,2-3H2,1H3. The molecule has 0 amide bonds. The molecule has 0 saturated heterocycles. The van der Waals surface area contributed by atoms with Gasteiger partial charge in [-0.2, -0.15) is 79.0 Å². The summed E-state index contributed by atoms with van der Waals surface area (Å²) >= 11 is 0. The van der Waals surface area contributed by atoms with Crippen LogP contribution in [0.4, 0.5) is 79.0 Å². The third-order valence-electron chi connectivity index (χ3n) is 4.62. The van der Waals surface area contributed by atoms with Crippen molar-refractivity contribution in [3.8, 4) is 0 Å². The van der Waals surface area contributed by atoms with Gasteiger partial charge >= 0.3 is 47.9 Å². The second kappa shape index (κ2) is 8.52. The van der Waals surface area contributed by atoms with E-state index >= 15 is 0 Å². The van der Waals surface area contributed by atoms with Crippen LogP contribution < -0.4 is 0 Å². The first-order valence-electron chi connectivity index (χ1n) is 8.70. The third-order valence-corrected chi connectivity index (χ3v) is 4.62. The maximum absolute atomic E-state index is 14.3. The zero-order chi connectivity index (χ0) is 28.3. The van der Waals surface area contributed by atoms with Gasteiger partial charge in [0.15, 0.2) is 0 Å². The second-order valence-corrected chi connectivity index (χ2v) is 7.06. The van der Waals surface area contributed by atoms with Crippen LogP contribution in [0, 0.1) is 0 Å². The highest BCUT2D eigenvalue weighted by atomic mass is 19.4. The van der Waals surface area contributed by atoms with Crippen LogP contribution in [0.3, 0.4) is 0 Å². The molecule has 0 aromatic heterocycles. The maximum Gasteiger partial charge on any atom is 0.460 e.